The summed E-state index contributed by atoms with van der Waals surface area (Å²) in [7, 11) is 0. The summed E-state index contributed by atoms with van der Waals surface area (Å²) in [6, 6.07) is 10.7. The number of rotatable bonds is 5. The number of nitrogens with zero attached hydrogens (tertiary/aromatic N) is 4. The van der Waals surface area contributed by atoms with Crippen LogP contribution in [0.1, 0.15) is 22.3 Å². The standard InChI is InChI=1S/C23H24ClN7O2/c1-15-6-7-18(29-26-9-8-25)16(14-15)22(33)30-10-3-11-31(13-12-30)23-27-19-5-2-4-17(24)20(19)21(32)28-23/h2,4-9,14,25,29H,3,10-13H2,1H3,(H,27,28,32)/b25-8?,26-9-. The van der Waals surface area contributed by atoms with Crippen molar-refractivity contribution < 1.29 is 4.79 Å². The average Bonchev–Trinajstić information content (AvgIpc) is 3.06. The number of aromatic nitrogens is 2. The lowest BCUT2D eigenvalue weighted by Gasteiger charge is -2.23. The monoisotopic (exact) mass is 465 g/mol. The fourth-order valence-corrected chi connectivity index (χ4v) is 4.12. The topological polar surface area (TPSA) is 118 Å². The highest BCUT2D eigenvalue weighted by Crippen LogP contribution is 2.22. The molecule has 1 fully saturated rings. The maximum atomic E-state index is 13.4. The van der Waals surface area contributed by atoms with Crippen LogP contribution in [0.5, 0.6) is 0 Å². The molecule has 1 aliphatic heterocycles. The molecule has 1 saturated heterocycles. The number of hydrogen-bond donors (Lipinski definition) is 3. The summed E-state index contributed by atoms with van der Waals surface area (Å²) >= 11 is 6.16. The number of hydrogen-bond acceptors (Lipinski definition) is 7. The van der Waals surface area contributed by atoms with E-state index < -0.39 is 0 Å². The Hall–Kier alpha value is -3.72. The molecule has 170 valence electrons. The summed E-state index contributed by atoms with van der Waals surface area (Å²) in [5, 5.41) is 11.7. The Kier molecular flexibility index (Phi) is 6.69. The van der Waals surface area contributed by atoms with Gasteiger partial charge in [0.1, 0.15) is 0 Å². The Labute approximate surface area is 195 Å². The van der Waals surface area contributed by atoms with E-state index in [1.54, 1.807) is 23.1 Å². The third-order valence-electron chi connectivity index (χ3n) is 5.49. The number of halogens is 1. The molecule has 1 aliphatic rings. The number of fused-ring (bicyclic) bond motifs is 1. The number of carbonyl (C=O) groups excluding carboxylic acids is 1. The van der Waals surface area contributed by atoms with Crippen LogP contribution in [0.3, 0.4) is 0 Å². The first-order valence-corrected chi connectivity index (χ1v) is 11.0. The van der Waals surface area contributed by atoms with Crippen LogP contribution in [0.2, 0.25) is 5.02 Å². The summed E-state index contributed by atoms with van der Waals surface area (Å²) in [6.07, 6.45) is 3.09. The van der Waals surface area contributed by atoms with Crippen LogP contribution in [0, 0.1) is 12.3 Å². The van der Waals surface area contributed by atoms with Crippen molar-refractivity contribution in [1.29, 1.82) is 5.41 Å². The first-order valence-electron chi connectivity index (χ1n) is 10.6. The highest BCUT2D eigenvalue weighted by atomic mass is 35.5. The van der Waals surface area contributed by atoms with Gasteiger partial charge < -0.3 is 15.2 Å². The zero-order valence-electron chi connectivity index (χ0n) is 18.1. The van der Waals surface area contributed by atoms with Crippen molar-refractivity contribution in [3.63, 3.8) is 0 Å². The summed E-state index contributed by atoms with van der Waals surface area (Å²) in [5.74, 6) is 0.378. The number of aromatic amines is 1. The van der Waals surface area contributed by atoms with Crippen molar-refractivity contribution >= 4 is 52.5 Å². The zero-order chi connectivity index (χ0) is 23.4. The molecule has 0 spiro atoms. The molecule has 1 aromatic heterocycles. The van der Waals surface area contributed by atoms with Crippen molar-refractivity contribution in [1.82, 2.24) is 14.9 Å². The third kappa shape index (κ3) is 4.88. The molecule has 2 aromatic carbocycles. The fraction of sp³-hybridized carbons (Fsp3) is 0.261. The maximum absolute atomic E-state index is 13.4. The summed E-state index contributed by atoms with van der Waals surface area (Å²) in [5.41, 5.74) is 5.18. The summed E-state index contributed by atoms with van der Waals surface area (Å²) in [4.78, 5) is 37.2. The fourth-order valence-electron chi connectivity index (χ4n) is 3.87. The smallest absolute Gasteiger partial charge is 0.261 e. The van der Waals surface area contributed by atoms with Gasteiger partial charge in [-0.1, -0.05) is 29.3 Å². The van der Waals surface area contributed by atoms with E-state index >= 15 is 0 Å². The van der Waals surface area contributed by atoms with Gasteiger partial charge in [-0.3, -0.25) is 20.0 Å². The second-order valence-electron chi connectivity index (χ2n) is 7.76. The molecule has 0 radical (unpaired) electrons. The van der Waals surface area contributed by atoms with Crippen LogP contribution < -0.4 is 15.9 Å². The molecule has 3 N–H and O–H groups in total. The molecule has 0 saturated carbocycles. The molecule has 4 rings (SSSR count). The SMILES string of the molecule is Cc1ccc(N/N=C\C=N)c(C(=O)N2CCCN(c3nc4cccc(Cl)c4c(=O)[nH]3)CC2)c1. The van der Waals surface area contributed by atoms with E-state index in [2.05, 4.69) is 20.5 Å². The van der Waals surface area contributed by atoms with Crippen molar-refractivity contribution in [3.8, 4) is 0 Å². The molecule has 1 amide bonds. The molecular weight excluding hydrogens is 442 g/mol. The summed E-state index contributed by atoms with van der Waals surface area (Å²) < 4.78 is 0. The van der Waals surface area contributed by atoms with Crippen molar-refractivity contribution in [2.24, 2.45) is 5.10 Å². The Morgan fingerprint density at radius 1 is 1.24 bits per heavy atom. The molecule has 9 nitrogen and oxygen atoms in total. The molecule has 0 unspecified atom stereocenters. The quantitative estimate of drug-likeness (QED) is 0.395. The molecule has 3 aromatic rings. The number of H-pyrrole nitrogens is 1. The van der Waals surface area contributed by atoms with E-state index in [1.807, 2.05) is 30.0 Å². The lowest BCUT2D eigenvalue weighted by atomic mass is 10.1. The Balaban J connectivity index is 1.54. The van der Waals surface area contributed by atoms with Crippen LogP contribution >= 0.6 is 11.6 Å². The number of anilines is 2. The van der Waals surface area contributed by atoms with Gasteiger partial charge in [-0.05, 0) is 37.6 Å². The third-order valence-corrected chi connectivity index (χ3v) is 5.81. The Morgan fingerprint density at radius 2 is 2.09 bits per heavy atom. The number of nitrogens with one attached hydrogen (secondary N) is 3. The van der Waals surface area contributed by atoms with E-state index in [1.165, 1.54) is 6.21 Å². The van der Waals surface area contributed by atoms with E-state index in [-0.39, 0.29) is 11.5 Å². The largest absolute Gasteiger partial charge is 0.340 e. The van der Waals surface area contributed by atoms with Gasteiger partial charge in [0, 0.05) is 32.4 Å². The average molecular weight is 466 g/mol. The second-order valence-corrected chi connectivity index (χ2v) is 8.17. The minimum absolute atomic E-state index is 0.0974. The maximum Gasteiger partial charge on any atom is 0.261 e. The molecule has 10 heteroatoms. The van der Waals surface area contributed by atoms with Gasteiger partial charge >= 0.3 is 0 Å². The highest BCUT2D eigenvalue weighted by molar-refractivity contribution is 6.35. The van der Waals surface area contributed by atoms with E-state index in [0.717, 1.165) is 18.2 Å². The van der Waals surface area contributed by atoms with Gasteiger partial charge in [0.25, 0.3) is 11.5 Å². The van der Waals surface area contributed by atoms with Crippen LogP contribution in [-0.2, 0) is 0 Å². The number of aryl methyl sites for hydroxylation is 1. The normalized spacial score (nSPS) is 14.5. The molecule has 0 aliphatic carbocycles. The van der Waals surface area contributed by atoms with Gasteiger partial charge in [0.05, 0.1) is 33.4 Å². The Bertz CT molecular complexity index is 1290. The predicted octanol–water partition coefficient (Wildman–Crippen LogP) is 3.28. The molecule has 0 atom stereocenters. The number of carbonyl (C=O) groups is 1. The molecule has 0 bridgehead atoms. The van der Waals surface area contributed by atoms with Crippen LogP contribution in [0.15, 0.2) is 46.3 Å². The minimum atomic E-state index is -0.279. The van der Waals surface area contributed by atoms with Gasteiger partial charge in [-0.15, -0.1) is 0 Å². The minimum Gasteiger partial charge on any atom is -0.340 e. The van der Waals surface area contributed by atoms with Crippen LogP contribution in [0.4, 0.5) is 11.6 Å². The van der Waals surface area contributed by atoms with E-state index in [4.69, 9.17) is 17.0 Å². The Morgan fingerprint density at radius 3 is 2.91 bits per heavy atom. The predicted molar refractivity (Wildman–Crippen MR) is 132 cm³/mol. The van der Waals surface area contributed by atoms with Crippen LogP contribution in [-0.4, -0.2) is 59.4 Å². The second kappa shape index (κ2) is 9.83. The van der Waals surface area contributed by atoms with Gasteiger partial charge in [0.2, 0.25) is 5.95 Å². The van der Waals surface area contributed by atoms with Gasteiger partial charge in [0.15, 0.2) is 0 Å². The van der Waals surface area contributed by atoms with E-state index in [9.17, 15) is 9.59 Å². The van der Waals surface area contributed by atoms with Gasteiger partial charge in [-0.25, -0.2) is 4.98 Å². The highest BCUT2D eigenvalue weighted by Gasteiger charge is 2.24. The number of amides is 1. The first-order chi connectivity index (χ1) is 16.0. The number of hydrazone groups is 1. The zero-order valence-corrected chi connectivity index (χ0v) is 18.9. The van der Waals surface area contributed by atoms with Crippen molar-refractivity contribution in [2.45, 2.75) is 13.3 Å². The van der Waals surface area contributed by atoms with Crippen molar-refractivity contribution in [2.75, 3.05) is 36.5 Å². The summed E-state index contributed by atoms with van der Waals surface area (Å²) in [6.45, 7) is 4.17. The number of benzene rings is 2. The van der Waals surface area contributed by atoms with Gasteiger partial charge in [-0.2, -0.15) is 5.10 Å². The van der Waals surface area contributed by atoms with Crippen LogP contribution in [0.25, 0.3) is 10.9 Å². The lowest BCUT2D eigenvalue weighted by molar-refractivity contribution is 0.0768. The molecular formula is C23H24ClN7O2. The van der Waals surface area contributed by atoms with E-state index in [0.29, 0.717) is 59.3 Å². The first kappa shape index (κ1) is 22.5. The molecule has 2 heterocycles. The van der Waals surface area contributed by atoms with Crippen molar-refractivity contribution in [3.05, 3.63) is 62.9 Å². The lowest BCUT2D eigenvalue weighted by Crippen LogP contribution is -2.36. The molecule has 33 heavy (non-hydrogen) atoms.